The van der Waals surface area contributed by atoms with Gasteiger partial charge in [0.15, 0.2) is 11.5 Å². The Morgan fingerprint density at radius 2 is 2.04 bits per heavy atom. The largest absolute Gasteiger partial charge is 0.486 e. The van der Waals surface area contributed by atoms with Gasteiger partial charge in [0.1, 0.15) is 19.3 Å². The van der Waals surface area contributed by atoms with Gasteiger partial charge in [-0.3, -0.25) is 4.90 Å². The molecule has 0 amide bonds. The molecule has 1 saturated heterocycles. The first-order valence-corrected chi connectivity index (χ1v) is 8.16. The van der Waals surface area contributed by atoms with Crippen LogP contribution in [0.4, 0.5) is 4.39 Å². The van der Waals surface area contributed by atoms with Crippen LogP contribution in [0.15, 0.2) is 36.4 Å². The number of benzene rings is 1. The number of pyridine rings is 1. The van der Waals surface area contributed by atoms with E-state index >= 15 is 0 Å². The zero-order valence-corrected chi connectivity index (χ0v) is 13.3. The molecule has 126 valence electrons. The lowest BCUT2D eigenvalue weighted by molar-refractivity contribution is 0.170. The van der Waals surface area contributed by atoms with Crippen LogP contribution in [0.3, 0.4) is 0 Å². The maximum absolute atomic E-state index is 13.1. The van der Waals surface area contributed by atoms with Crippen molar-refractivity contribution in [3.8, 4) is 17.4 Å². The molecule has 0 aliphatic carbocycles. The third-order valence-corrected chi connectivity index (χ3v) is 4.22. The molecule has 4 rings (SSSR count). The van der Waals surface area contributed by atoms with Crippen LogP contribution in [0.1, 0.15) is 12.0 Å². The number of likely N-dealkylation sites (tertiary alicyclic amines) is 1. The number of hydrogen-bond donors (Lipinski definition) is 0. The SMILES string of the molecule is Fc1cccc(OC2CCN(Cc3ccc4c(c3)OCCO4)C2)n1. The van der Waals surface area contributed by atoms with Crippen LogP contribution >= 0.6 is 0 Å². The highest BCUT2D eigenvalue weighted by atomic mass is 19.1. The van der Waals surface area contributed by atoms with E-state index in [9.17, 15) is 4.39 Å². The van der Waals surface area contributed by atoms with Gasteiger partial charge in [0.2, 0.25) is 11.8 Å². The van der Waals surface area contributed by atoms with Crippen LogP contribution in [-0.4, -0.2) is 42.3 Å². The van der Waals surface area contributed by atoms with E-state index in [1.54, 1.807) is 12.1 Å². The van der Waals surface area contributed by atoms with E-state index < -0.39 is 5.95 Å². The summed E-state index contributed by atoms with van der Waals surface area (Å²) in [6.45, 7) is 3.76. The maximum Gasteiger partial charge on any atom is 0.216 e. The number of aromatic nitrogens is 1. The van der Waals surface area contributed by atoms with Crippen molar-refractivity contribution in [2.45, 2.75) is 19.1 Å². The van der Waals surface area contributed by atoms with Gasteiger partial charge in [0.25, 0.3) is 0 Å². The second-order valence-electron chi connectivity index (χ2n) is 6.04. The van der Waals surface area contributed by atoms with E-state index in [1.165, 1.54) is 11.6 Å². The molecule has 1 atom stereocenters. The van der Waals surface area contributed by atoms with E-state index in [4.69, 9.17) is 14.2 Å². The predicted molar refractivity (Wildman–Crippen MR) is 85.9 cm³/mol. The smallest absolute Gasteiger partial charge is 0.216 e. The lowest BCUT2D eigenvalue weighted by Crippen LogP contribution is -2.25. The number of hydrogen-bond acceptors (Lipinski definition) is 5. The highest BCUT2D eigenvalue weighted by molar-refractivity contribution is 5.43. The Labute approximate surface area is 140 Å². The van der Waals surface area contributed by atoms with Crippen molar-refractivity contribution in [2.24, 2.45) is 0 Å². The summed E-state index contributed by atoms with van der Waals surface area (Å²) < 4.78 is 30.1. The van der Waals surface area contributed by atoms with Crippen LogP contribution in [0, 0.1) is 5.95 Å². The summed E-state index contributed by atoms with van der Waals surface area (Å²) in [7, 11) is 0. The van der Waals surface area contributed by atoms with Gasteiger partial charge in [-0.1, -0.05) is 12.1 Å². The quantitative estimate of drug-likeness (QED) is 0.807. The molecule has 0 radical (unpaired) electrons. The third-order valence-electron chi connectivity index (χ3n) is 4.22. The van der Waals surface area contributed by atoms with Crippen LogP contribution in [-0.2, 0) is 6.54 Å². The summed E-state index contributed by atoms with van der Waals surface area (Å²) in [6, 6.07) is 10.7. The minimum Gasteiger partial charge on any atom is -0.486 e. The Kier molecular flexibility index (Phi) is 4.21. The molecule has 1 fully saturated rings. The molecule has 5 nitrogen and oxygen atoms in total. The molecule has 6 heteroatoms. The van der Waals surface area contributed by atoms with E-state index in [2.05, 4.69) is 16.0 Å². The van der Waals surface area contributed by atoms with Crippen molar-refractivity contribution in [3.63, 3.8) is 0 Å². The summed E-state index contributed by atoms with van der Waals surface area (Å²) >= 11 is 0. The van der Waals surface area contributed by atoms with Crippen LogP contribution in [0.25, 0.3) is 0 Å². The predicted octanol–water partition coefficient (Wildman–Crippen LogP) is 2.65. The van der Waals surface area contributed by atoms with Gasteiger partial charge >= 0.3 is 0 Å². The Hall–Kier alpha value is -2.34. The van der Waals surface area contributed by atoms with E-state index in [-0.39, 0.29) is 6.10 Å². The molecular formula is C18H19FN2O3. The second-order valence-corrected chi connectivity index (χ2v) is 6.04. The molecular weight excluding hydrogens is 311 g/mol. The van der Waals surface area contributed by atoms with Gasteiger partial charge in [-0.05, 0) is 30.2 Å². The van der Waals surface area contributed by atoms with E-state index in [1.807, 2.05) is 12.1 Å². The number of nitrogens with zero attached hydrogens (tertiary/aromatic N) is 2. The Balaban J connectivity index is 1.35. The first kappa shape index (κ1) is 15.2. The third kappa shape index (κ3) is 3.43. The fourth-order valence-corrected chi connectivity index (χ4v) is 3.11. The van der Waals surface area contributed by atoms with Gasteiger partial charge in [0, 0.05) is 25.7 Å². The van der Waals surface area contributed by atoms with Crippen molar-refractivity contribution in [3.05, 3.63) is 47.9 Å². The molecule has 0 spiro atoms. The summed E-state index contributed by atoms with van der Waals surface area (Å²) in [4.78, 5) is 6.07. The Bertz CT molecular complexity index is 725. The first-order chi connectivity index (χ1) is 11.8. The lowest BCUT2D eigenvalue weighted by atomic mass is 10.2. The van der Waals surface area contributed by atoms with Crippen molar-refractivity contribution in [1.82, 2.24) is 9.88 Å². The Morgan fingerprint density at radius 1 is 1.17 bits per heavy atom. The average Bonchev–Trinajstić information content (AvgIpc) is 3.02. The highest BCUT2D eigenvalue weighted by Crippen LogP contribution is 2.31. The molecule has 2 aliphatic heterocycles. The molecule has 24 heavy (non-hydrogen) atoms. The van der Waals surface area contributed by atoms with Crippen LogP contribution < -0.4 is 14.2 Å². The normalized spacial score (nSPS) is 20.1. The average molecular weight is 330 g/mol. The van der Waals surface area contributed by atoms with Gasteiger partial charge in [0.05, 0.1) is 0 Å². The minimum absolute atomic E-state index is 0.0384. The van der Waals surface area contributed by atoms with Crippen LogP contribution in [0.2, 0.25) is 0 Å². The highest BCUT2D eigenvalue weighted by Gasteiger charge is 2.25. The van der Waals surface area contributed by atoms with Crippen molar-refractivity contribution >= 4 is 0 Å². The van der Waals surface area contributed by atoms with Crippen molar-refractivity contribution in [1.29, 1.82) is 0 Å². The van der Waals surface area contributed by atoms with Crippen LogP contribution in [0.5, 0.6) is 17.4 Å². The van der Waals surface area contributed by atoms with Gasteiger partial charge in [-0.2, -0.15) is 9.37 Å². The second kappa shape index (κ2) is 6.65. The number of rotatable bonds is 4. The van der Waals surface area contributed by atoms with E-state index in [0.717, 1.165) is 37.6 Å². The number of ether oxygens (including phenoxy) is 3. The van der Waals surface area contributed by atoms with Gasteiger partial charge in [-0.25, -0.2) is 0 Å². The summed E-state index contributed by atoms with van der Waals surface area (Å²) in [5, 5.41) is 0. The molecule has 0 bridgehead atoms. The fraction of sp³-hybridized carbons (Fsp3) is 0.389. The lowest BCUT2D eigenvalue weighted by Gasteiger charge is -2.21. The number of fused-ring (bicyclic) bond motifs is 1. The Morgan fingerprint density at radius 3 is 2.92 bits per heavy atom. The van der Waals surface area contributed by atoms with E-state index in [0.29, 0.717) is 19.1 Å². The fourth-order valence-electron chi connectivity index (χ4n) is 3.11. The summed E-state index contributed by atoms with van der Waals surface area (Å²) in [6.07, 6.45) is 0.944. The number of halogens is 1. The molecule has 2 aliphatic rings. The molecule has 2 aromatic rings. The maximum atomic E-state index is 13.1. The standard InChI is InChI=1S/C18H19FN2O3/c19-17-2-1-3-18(20-17)24-14-6-7-21(12-14)11-13-4-5-15-16(10-13)23-9-8-22-15/h1-5,10,14H,6-9,11-12H2. The van der Waals surface area contributed by atoms with Gasteiger partial charge < -0.3 is 14.2 Å². The van der Waals surface area contributed by atoms with Gasteiger partial charge in [-0.15, -0.1) is 0 Å². The van der Waals surface area contributed by atoms with Crippen molar-refractivity contribution < 1.29 is 18.6 Å². The molecule has 1 aromatic heterocycles. The minimum atomic E-state index is -0.515. The molecule has 1 unspecified atom stereocenters. The molecule has 1 aromatic carbocycles. The topological polar surface area (TPSA) is 43.8 Å². The summed E-state index contributed by atoms with van der Waals surface area (Å²) in [5.41, 5.74) is 1.18. The summed E-state index contributed by atoms with van der Waals surface area (Å²) in [5.74, 6) is 1.46. The zero-order valence-electron chi connectivity index (χ0n) is 13.3. The molecule has 0 N–H and O–H groups in total. The first-order valence-electron chi connectivity index (χ1n) is 8.16. The molecule has 0 saturated carbocycles. The zero-order chi connectivity index (χ0) is 16.4. The van der Waals surface area contributed by atoms with Crippen molar-refractivity contribution in [2.75, 3.05) is 26.3 Å². The molecule has 3 heterocycles. The monoisotopic (exact) mass is 330 g/mol.